The third-order valence-electron chi connectivity index (χ3n) is 7.12. The van der Waals surface area contributed by atoms with Crippen LogP contribution in [0.1, 0.15) is 63.0 Å². The number of nitrogens with one attached hydrogen (secondary N) is 1. The molecule has 0 aliphatic carbocycles. The fraction of sp³-hybridized carbons (Fsp3) is 0.407. The number of hydrogen-bond acceptors (Lipinski definition) is 4. The van der Waals surface area contributed by atoms with Crippen molar-refractivity contribution in [2.45, 2.75) is 51.9 Å². The molecular formula is C27H33N5. The van der Waals surface area contributed by atoms with Gasteiger partial charge in [0.1, 0.15) is 5.82 Å². The molecule has 1 aromatic carbocycles. The molecule has 3 aromatic rings. The van der Waals surface area contributed by atoms with Crippen LogP contribution in [0.5, 0.6) is 0 Å². The average Bonchev–Trinajstić information content (AvgIpc) is 3.37. The van der Waals surface area contributed by atoms with Crippen molar-refractivity contribution in [3.8, 4) is 11.3 Å². The molecule has 0 atom stereocenters. The summed E-state index contributed by atoms with van der Waals surface area (Å²) in [6.07, 6.45) is 7.29. The summed E-state index contributed by atoms with van der Waals surface area (Å²) in [4.78, 5) is 14.9. The van der Waals surface area contributed by atoms with Crippen molar-refractivity contribution in [2.24, 2.45) is 4.99 Å². The molecule has 5 heteroatoms. The number of aromatic amines is 1. The number of aliphatic imine (C=N–C) groups is 1. The van der Waals surface area contributed by atoms with Gasteiger partial charge in [-0.1, -0.05) is 19.9 Å². The Labute approximate surface area is 190 Å². The van der Waals surface area contributed by atoms with E-state index in [2.05, 4.69) is 58.8 Å². The predicted octanol–water partition coefficient (Wildman–Crippen LogP) is 5.86. The van der Waals surface area contributed by atoms with E-state index >= 15 is 0 Å². The van der Waals surface area contributed by atoms with Crippen LogP contribution < -0.4 is 5.73 Å². The summed E-state index contributed by atoms with van der Waals surface area (Å²) < 4.78 is 0. The summed E-state index contributed by atoms with van der Waals surface area (Å²) in [7, 11) is 0. The van der Waals surface area contributed by atoms with Gasteiger partial charge in [-0.15, -0.1) is 0 Å². The quantitative estimate of drug-likeness (QED) is 0.535. The van der Waals surface area contributed by atoms with E-state index in [1.807, 2.05) is 18.3 Å². The largest absolute Gasteiger partial charge is 0.384 e. The second-order valence-electron chi connectivity index (χ2n) is 9.60. The van der Waals surface area contributed by atoms with E-state index < -0.39 is 0 Å². The van der Waals surface area contributed by atoms with Crippen molar-refractivity contribution < 1.29 is 0 Å². The Morgan fingerprint density at radius 3 is 2.66 bits per heavy atom. The molecule has 5 rings (SSSR count). The molecule has 0 spiro atoms. The number of hydrogen-bond donors (Lipinski definition) is 2. The zero-order valence-corrected chi connectivity index (χ0v) is 19.4. The minimum absolute atomic E-state index is 0.412. The number of aromatic nitrogens is 2. The summed E-state index contributed by atoms with van der Waals surface area (Å²) in [6, 6.07) is 11.0. The lowest BCUT2D eigenvalue weighted by Crippen LogP contribution is -2.34. The van der Waals surface area contributed by atoms with Gasteiger partial charge < -0.3 is 10.7 Å². The summed E-state index contributed by atoms with van der Waals surface area (Å²) in [5, 5.41) is 1.34. The number of benzene rings is 1. The molecule has 2 aliphatic heterocycles. The van der Waals surface area contributed by atoms with Crippen molar-refractivity contribution in [3.63, 3.8) is 0 Å². The monoisotopic (exact) mass is 427 g/mol. The molecule has 0 bridgehead atoms. The summed E-state index contributed by atoms with van der Waals surface area (Å²) in [5.41, 5.74) is 15.0. The van der Waals surface area contributed by atoms with Gasteiger partial charge in [-0.3, -0.25) is 9.89 Å². The molecule has 5 nitrogen and oxygen atoms in total. The van der Waals surface area contributed by atoms with Gasteiger partial charge in [0, 0.05) is 47.5 Å². The number of pyridine rings is 1. The number of fused-ring (bicyclic) bond motifs is 1. The van der Waals surface area contributed by atoms with Crippen LogP contribution in [-0.4, -0.2) is 40.7 Å². The van der Waals surface area contributed by atoms with Crippen LogP contribution >= 0.6 is 0 Å². The van der Waals surface area contributed by atoms with Gasteiger partial charge in [0.05, 0.1) is 5.69 Å². The summed E-state index contributed by atoms with van der Waals surface area (Å²) in [5.74, 6) is 1.59. The highest BCUT2D eigenvalue weighted by Gasteiger charge is 2.24. The number of piperidine rings is 1. The summed E-state index contributed by atoms with van der Waals surface area (Å²) >= 11 is 0. The van der Waals surface area contributed by atoms with E-state index in [-0.39, 0.29) is 0 Å². The number of nitrogens with zero attached hydrogens (tertiary/aromatic N) is 3. The van der Waals surface area contributed by atoms with Crippen LogP contribution in [0.25, 0.3) is 22.2 Å². The second kappa shape index (κ2) is 8.55. The van der Waals surface area contributed by atoms with Crippen molar-refractivity contribution >= 4 is 22.9 Å². The number of allylic oxidation sites excluding steroid dienone is 1. The Hall–Kier alpha value is -2.92. The highest BCUT2D eigenvalue weighted by Crippen LogP contribution is 2.38. The van der Waals surface area contributed by atoms with Gasteiger partial charge in [0.25, 0.3) is 0 Å². The molecule has 1 fully saturated rings. The van der Waals surface area contributed by atoms with E-state index in [9.17, 15) is 0 Å². The molecule has 0 amide bonds. The zero-order chi connectivity index (χ0) is 22.2. The molecule has 0 unspecified atom stereocenters. The van der Waals surface area contributed by atoms with Gasteiger partial charge in [-0.2, -0.15) is 0 Å². The summed E-state index contributed by atoms with van der Waals surface area (Å²) in [6.45, 7) is 10.1. The smallest absolute Gasteiger partial charge is 0.123 e. The van der Waals surface area contributed by atoms with Crippen LogP contribution in [0.15, 0.2) is 52.8 Å². The van der Waals surface area contributed by atoms with Crippen LogP contribution in [0.3, 0.4) is 0 Å². The first-order valence-corrected chi connectivity index (χ1v) is 11.8. The number of rotatable bonds is 5. The molecule has 166 valence electrons. The molecule has 0 radical (unpaired) electrons. The maximum Gasteiger partial charge on any atom is 0.123 e. The van der Waals surface area contributed by atoms with Crippen molar-refractivity contribution in [3.05, 3.63) is 58.9 Å². The fourth-order valence-corrected chi connectivity index (χ4v) is 5.32. The average molecular weight is 428 g/mol. The molecule has 32 heavy (non-hydrogen) atoms. The van der Waals surface area contributed by atoms with E-state index in [0.29, 0.717) is 17.7 Å². The standard InChI is InChI=1S/C27H33N5/c1-17(2)26-23-14-20(4-5-24(23)31-27(26)21-6-11-30-25(28)15-21)19-8-12-32(13-9-19)16-22-7-10-29-18(22)3/h4-6,10-11,14-15,17,19,31H,7-9,12-13,16H2,1-3H3,(H2,28,30). The Morgan fingerprint density at radius 1 is 1.16 bits per heavy atom. The molecule has 3 N–H and O–H groups in total. The molecular weight excluding hydrogens is 394 g/mol. The highest BCUT2D eigenvalue weighted by molar-refractivity contribution is 5.92. The number of H-pyrrole nitrogens is 1. The predicted molar refractivity (Wildman–Crippen MR) is 134 cm³/mol. The van der Waals surface area contributed by atoms with Crippen LogP contribution in [-0.2, 0) is 0 Å². The van der Waals surface area contributed by atoms with Crippen LogP contribution in [0, 0.1) is 0 Å². The maximum absolute atomic E-state index is 5.97. The molecule has 0 saturated carbocycles. The topological polar surface area (TPSA) is 70.3 Å². The zero-order valence-electron chi connectivity index (χ0n) is 19.4. The van der Waals surface area contributed by atoms with Gasteiger partial charge in [0.2, 0.25) is 0 Å². The first kappa shape index (κ1) is 21.0. The fourth-order valence-electron chi connectivity index (χ4n) is 5.32. The Bertz CT molecular complexity index is 1190. The Morgan fingerprint density at radius 2 is 1.97 bits per heavy atom. The lowest BCUT2D eigenvalue weighted by atomic mass is 9.87. The lowest BCUT2D eigenvalue weighted by Gasteiger charge is -2.32. The maximum atomic E-state index is 5.97. The number of nitrogens with two attached hydrogens (primary N) is 1. The van der Waals surface area contributed by atoms with Gasteiger partial charge in [0.15, 0.2) is 0 Å². The molecule has 4 heterocycles. The van der Waals surface area contributed by atoms with Gasteiger partial charge >= 0.3 is 0 Å². The van der Waals surface area contributed by atoms with Gasteiger partial charge in [-0.05, 0) is 85.7 Å². The lowest BCUT2D eigenvalue weighted by molar-refractivity contribution is 0.227. The third-order valence-corrected chi connectivity index (χ3v) is 7.12. The minimum atomic E-state index is 0.412. The highest BCUT2D eigenvalue weighted by atomic mass is 15.1. The van der Waals surface area contributed by atoms with E-state index in [1.54, 1.807) is 6.20 Å². The first-order valence-electron chi connectivity index (χ1n) is 11.8. The van der Waals surface area contributed by atoms with Crippen molar-refractivity contribution in [1.29, 1.82) is 0 Å². The Kier molecular flexibility index (Phi) is 5.60. The molecule has 2 aromatic heterocycles. The normalized spacial score (nSPS) is 17.9. The third kappa shape index (κ3) is 3.97. The van der Waals surface area contributed by atoms with Crippen LogP contribution in [0.4, 0.5) is 5.82 Å². The molecule has 2 aliphatic rings. The minimum Gasteiger partial charge on any atom is -0.384 e. The van der Waals surface area contributed by atoms with Crippen LogP contribution in [0.2, 0.25) is 0 Å². The number of nitrogen functional groups attached to an aromatic ring is 1. The van der Waals surface area contributed by atoms with Gasteiger partial charge in [-0.25, -0.2) is 4.98 Å². The van der Waals surface area contributed by atoms with E-state index in [4.69, 9.17) is 5.73 Å². The molecule has 1 saturated heterocycles. The van der Waals surface area contributed by atoms with Crippen molar-refractivity contribution in [2.75, 3.05) is 25.4 Å². The van der Waals surface area contributed by atoms with E-state index in [0.717, 1.165) is 31.6 Å². The first-order chi connectivity index (χ1) is 15.5. The van der Waals surface area contributed by atoms with E-state index in [1.165, 1.54) is 51.8 Å². The SMILES string of the molecule is CC1=C(CN2CCC(c3ccc4[nH]c(-c5ccnc(N)c5)c(C(C)C)c4c3)CC2)CC=N1. The Balaban J connectivity index is 1.39. The number of likely N-dealkylation sites (tertiary alicyclic amines) is 1. The number of anilines is 1. The van der Waals surface area contributed by atoms with Crippen molar-refractivity contribution in [1.82, 2.24) is 14.9 Å². The second-order valence-corrected chi connectivity index (χ2v) is 9.60.